The molecule has 2 unspecified atom stereocenters. The third kappa shape index (κ3) is 54.3. The van der Waals surface area contributed by atoms with Gasteiger partial charge >= 0.3 is 11.9 Å². The van der Waals surface area contributed by atoms with Crippen molar-refractivity contribution in [3.63, 3.8) is 0 Å². The van der Waals surface area contributed by atoms with Crippen LogP contribution in [0.2, 0.25) is 0 Å². The van der Waals surface area contributed by atoms with Crippen molar-refractivity contribution < 1.29 is 42.1 Å². The van der Waals surface area contributed by atoms with Gasteiger partial charge in [0.25, 0.3) is 7.82 Å². The highest BCUT2D eigenvalue weighted by molar-refractivity contribution is 7.45. The largest absolute Gasteiger partial charge is 0.756 e. The standard InChI is InChI=1S/C60H104NO8P/c1-6-8-10-12-14-16-18-20-22-24-26-28-29-30-31-33-35-37-39-41-43-45-47-49-51-53-60(63)69-58(57-68-70(64,65)67-55-54-61(3,4)5)56-66-59(62)52-50-48-46-44-42-40-38-36-34-32-27-25-23-21-19-17-15-13-11-9-7-2/h8,10,14,16,19-22,25-28,30-31,35,37,58H,6-7,9,11-13,15,17-18,23-24,29,32-34,36,38-57H2,1-5H3/b10-8-,16-14-,21-19-,22-20-,27-25-,28-26-,31-30-,37-35-. The lowest BCUT2D eigenvalue weighted by Gasteiger charge is -2.28. The van der Waals surface area contributed by atoms with E-state index in [0.29, 0.717) is 17.4 Å². The molecular weight excluding hydrogens is 894 g/mol. The summed E-state index contributed by atoms with van der Waals surface area (Å²) in [6.45, 7) is 4.09. The van der Waals surface area contributed by atoms with E-state index >= 15 is 0 Å². The number of hydrogen-bond donors (Lipinski definition) is 0. The molecule has 0 aromatic carbocycles. The second-order valence-electron chi connectivity index (χ2n) is 19.6. The highest BCUT2D eigenvalue weighted by Crippen LogP contribution is 2.38. The number of likely N-dealkylation sites (N-methyl/N-ethyl adjacent to an activating group) is 1. The molecule has 0 aliphatic heterocycles. The average Bonchev–Trinajstić information content (AvgIpc) is 3.32. The van der Waals surface area contributed by atoms with Gasteiger partial charge in [-0.1, -0.05) is 207 Å². The molecule has 0 radical (unpaired) electrons. The van der Waals surface area contributed by atoms with Gasteiger partial charge in [-0.05, 0) is 96.3 Å². The van der Waals surface area contributed by atoms with Gasteiger partial charge in [0, 0.05) is 12.8 Å². The van der Waals surface area contributed by atoms with Gasteiger partial charge in [0.15, 0.2) is 6.10 Å². The number of rotatable bonds is 50. The molecule has 0 N–H and O–H groups in total. The smallest absolute Gasteiger partial charge is 0.306 e. The lowest BCUT2D eigenvalue weighted by Crippen LogP contribution is -2.37. The topological polar surface area (TPSA) is 111 Å². The zero-order chi connectivity index (χ0) is 51.3. The molecule has 0 spiro atoms. The second-order valence-corrected chi connectivity index (χ2v) is 21.0. The van der Waals surface area contributed by atoms with Crippen molar-refractivity contribution in [1.82, 2.24) is 0 Å². The Bertz CT molecular complexity index is 1500. The summed E-state index contributed by atoms with van der Waals surface area (Å²) in [7, 11) is 1.14. The van der Waals surface area contributed by atoms with E-state index < -0.39 is 32.5 Å². The number of hydrogen-bond acceptors (Lipinski definition) is 8. The molecule has 0 rings (SSSR count). The number of carbonyl (C=O) groups is 2. The summed E-state index contributed by atoms with van der Waals surface area (Å²) in [5, 5.41) is 0. The van der Waals surface area contributed by atoms with E-state index in [1.165, 1.54) is 70.6 Å². The van der Waals surface area contributed by atoms with Crippen molar-refractivity contribution >= 4 is 19.8 Å². The van der Waals surface area contributed by atoms with Gasteiger partial charge in [-0.2, -0.15) is 0 Å². The fourth-order valence-electron chi connectivity index (χ4n) is 7.28. The molecule has 0 saturated heterocycles. The number of allylic oxidation sites excluding steroid dienone is 16. The summed E-state index contributed by atoms with van der Waals surface area (Å²) in [4.78, 5) is 37.8. The predicted molar refractivity (Wildman–Crippen MR) is 295 cm³/mol. The van der Waals surface area contributed by atoms with Gasteiger partial charge in [-0.25, -0.2) is 0 Å². The molecule has 0 amide bonds. The first-order valence-corrected chi connectivity index (χ1v) is 29.4. The highest BCUT2D eigenvalue weighted by Gasteiger charge is 2.21. The van der Waals surface area contributed by atoms with Crippen LogP contribution in [-0.4, -0.2) is 70.0 Å². The first-order chi connectivity index (χ1) is 34.0. The molecule has 0 aliphatic rings. The molecule has 0 bridgehead atoms. The number of esters is 2. The molecule has 0 aromatic rings. The summed E-state index contributed by atoms with van der Waals surface area (Å²) in [6, 6.07) is 0. The Morgan fingerprint density at radius 3 is 1.21 bits per heavy atom. The van der Waals surface area contributed by atoms with Crippen LogP contribution in [0.1, 0.15) is 219 Å². The molecular formula is C60H104NO8P. The minimum absolute atomic E-state index is 0.0398. The summed E-state index contributed by atoms with van der Waals surface area (Å²) < 4.78 is 34.1. The van der Waals surface area contributed by atoms with Crippen molar-refractivity contribution in [2.75, 3.05) is 47.5 Å². The average molecular weight is 998 g/mol. The lowest BCUT2D eigenvalue weighted by molar-refractivity contribution is -0.870. The normalized spacial score (nSPS) is 14.1. The first kappa shape index (κ1) is 66.9. The summed E-state index contributed by atoms with van der Waals surface area (Å²) in [5.41, 5.74) is 0. The molecule has 2 atom stereocenters. The zero-order valence-electron chi connectivity index (χ0n) is 45.4. The molecule has 0 saturated carbocycles. The third-order valence-electron chi connectivity index (χ3n) is 11.6. The maximum atomic E-state index is 12.8. The molecule has 402 valence electrons. The van der Waals surface area contributed by atoms with E-state index in [1.807, 2.05) is 21.1 Å². The Morgan fingerprint density at radius 1 is 0.457 bits per heavy atom. The molecule has 0 heterocycles. The van der Waals surface area contributed by atoms with Crippen molar-refractivity contribution in [2.45, 2.75) is 225 Å². The summed E-state index contributed by atoms with van der Waals surface area (Å²) in [6.07, 6.45) is 68.6. The van der Waals surface area contributed by atoms with E-state index in [9.17, 15) is 19.0 Å². The Balaban J connectivity index is 4.27. The van der Waals surface area contributed by atoms with Crippen molar-refractivity contribution in [2.24, 2.45) is 0 Å². The fourth-order valence-corrected chi connectivity index (χ4v) is 8.01. The predicted octanol–water partition coefficient (Wildman–Crippen LogP) is 16.6. The molecule has 9 nitrogen and oxygen atoms in total. The van der Waals surface area contributed by atoms with Crippen LogP contribution in [-0.2, 0) is 32.7 Å². The van der Waals surface area contributed by atoms with Gasteiger partial charge in [0.2, 0.25) is 0 Å². The van der Waals surface area contributed by atoms with Crippen LogP contribution in [0.25, 0.3) is 0 Å². The van der Waals surface area contributed by atoms with Gasteiger partial charge < -0.3 is 27.9 Å². The third-order valence-corrected chi connectivity index (χ3v) is 12.6. The van der Waals surface area contributed by atoms with Crippen LogP contribution in [0.5, 0.6) is 0 Å². The van der Waals surface area contributed by atoms with Crippen LogP contribution in [0.15, 0.2) is 97.2 Å². The fraction of sp³-hybridized carbons (Fsp3) is 0.700. The monoisotopic (exact) mass is 998 g/mol. The van der Waals surface area contributed by atoms with Gasteiger partial charge in [-0.15, -0.1) is 0 Å². The SMILES string of the molecule is CC/C=C\C/C=C\C/C=C\C/C=C\C/C=C\C/C=C\CCCCCCCCC(=O)OC(COC(=O)CCCCCCCCCCC/C=C\C/C=C\CCCCCCC)COP(=O)([O-])OCC[N+](C)(C)C. The Morgan fingerprint density at radius 2 is 0.814 bits per heavy atom. The number of carbonyl (C=O) groups excluding carboxylic acids is 2. The minimum Gasteiger partial charge on any atom is -0.756 e. The summed E-state index contributed by atoms with van der Waals surface area (Å²) >= 11 is 0. The lowest BCUT2D eigenvalue weighted by atomic mass is 10.1. The molecule has 70 heavy (non-hydrogen) atoms. The Kier molecular flexibility index (Phi) is 48.6. The number of quaternary nitrogens is 1. The Labute approximate surface area is 430 Å². The van der Waals surface area contributed by atoms with Crippen LogP contribution in [0.4, 0.5) is 0 Å². The molecule has 0 aromatic heterocycles. The Hall–Kier alpha value is -3.07. The van der Waals surface area contributed by atoms with E-state index in [2.05, 4.69) is 111 Å². The van der Waals surface area contributed by atoms with E-state index in [1.54, 1.807) is 0 Å². The van der Waals surface area contributed by atoms with E-state index in [0.717, 1.165) is 116 Å². The number of phosphoric acid groups is 1. The minimum atomic E-state index is -4.65. The van der Waals surface area contributed by atoms with Gasteiger partial charge in [-0.3, -0.25) is 14.2 Å². The van der Waals surface area contributed by atoms with Crippen molar-refractivity contribution in [3.05, 3.63) is 97.2 Å². The molecule has 0 aliphatic carbocycles. The summed E-state index contributed by atoms with van der Waals surface area (Å²) in [5.74, 6) is -0.859. The quantitative estimate of drug-likeness (QED) is 0.0195. The maximum absolute atomic E-state index is 12.8. The van der Waals surface area contributed by atoms with E-state index in [-0.39, 0.29) is 26.1 Å². The van der Waals surface area contributed by atoms with Crippen LogP contribution in [0.3, 0.4) is 0 Å². The maximum Gasteiger partial charge on any atom is 0.306 e. The second kappa shape index (κ2) is 50.9. The van der Waals surface area contributed by atoms with Crippen LogP contribution in [0, 0.1) is 0 Å². The molecule has 0 fully saturated rings. The van der Waals surface area contributed by atoms with Crippen LogP contribution < -0.4 is 4.89 Å². The van der Waals surface area contributed by atoms with E-state index in [4.69, 9.17) is 18.5 Å². The number of nitrogens with zero attached hydrogens (tertiary/aromatic N) is 1. The van der Waals surface area contributed by atoms with Gasteiger partial charge in [0.1, 0.15) is 19.8 Å². The van der Waals surface area contributed by atoms with Gasteiger partial charge in [0.05, 0.1) is 27.7 Å². The highest BCUT2D eigenvalue weighted by atomic mass is 31.2. The number of unbranched alkanes of at least 4 members (excludes halogenated alkanes) is 20. The zero-order valence-corrected chi connectivity index (χ0v) is 46.3. The first-order valence-electron chi connectivity index (χ1n) is 27.9. The molecule has 10 heteroatoms. The number of phosphoric ester groups is 1. The van der Waals surface area contributed by atoms with Crippen molar-refractivity contribution in [1.29, 1.82) is 0 Å². The number of ether oxygens (including phenoxy) is 2. The van der Waals surface area contributed by atoms with Crippen molar-refractivity contribution in [3.8, 4) is 0 Å². The van der Waals surface area contributed by atoms with Crippen LogP contribution >= 0.6 is 7.82 Å².